The van der Waals surface area contributed by atoms with Crippen LogP contribution in [-0.4, -0.2) is 5.97 Å². The Balaban J connectivity index is 2.38. The zero-order chi connectivity index (χ0) is 10.4. The van der Waals surface area contributed by atoms with Crippen LogP contribution in [0.15, 0.2) is 36.4 Å². The molecule has 0 radical (unpaired) electrons. The van der Waals surface area contributed by atoms with E-state index in [0.717, 1.165) is 22.1 Å². The fourth-order valence-corrected chi connectivity index (χ4v) is 2.03. The van der Waals surface area contributed by atoms with Crippen molar-refractivity contribution in [1.29, 1.82) is 0 Å². The molecule has 0 saturated carbocycles. The maximum Gasteiger partial charge on any atom is 0.318 e. The second kappa shape index (κ2) is 2.83. The molecule has 15 heavy (non-hydrogen) atoms. The van der Waals surface area contributed by atoms with Gasteiger partial charge in [0.1, 0.15) is 5.75 Å². The van der Waals surface area contributed by atoms with Crippen molar-refractivity contribution < 1.29 is 9.53 Å². The van der Waals surface area contributed by atoms with Crippen LogP contribution in [0.3, 0.4) is 0 Å². The SMILES string of the molecule is C[C@@H]1C(=O)Oc2c1ccc1ccccc21. The van der Waals surface area contributed by atoms with Gasteiger partial charge < -0.3 is 4.74 Å². The summed E-state index contributed by atoms with van der Waals surface area (Å²) in [6, 6.07) is 12.0. The van der Waals surface area contributed by atoms with E-state index in [1.807, 2.05) is 43.3 Å². The molecule has 0 N–H and O–H groups in total. The first-order valence-corrected chi connectivity index (χ1v) is 5.01. The molecule has 74 valence electrons. The lowest BCUT2D eigenvalue weighted by molar-refractivity contribution is -0.133. The van der Waals surface area contributed by atoms with E-state index in [9.17, 15) is 4.79 Å². The van der Waals surface area contributed by atoms with Crippen molar-refractivity contribution in [3.05, 3.63) is 42.0 Å². The number of hydrogen-bond donors (Lipinski definition) is 0. The average molecular weight is 198 g/mol. The third kappa shape index (κ3) is 1.08. The molecule has 0 unspecified atom stereocenters. The van der Waals surface area contributed by atoms with Crippen LogP contribution in [0.5, 0.6) is 5.75 Å². The molecule has 2 aromatic carbocycles. The summed E-state index contributed by atoms with van der Waals surface area (Å²) in [5.41, 5.74) is 0.999. The van der Waals surface area contributed by atoms with Crippen LogP contribution < -0.4 is 4.74 Å². The molecule has 2 aromatic rings. The minimum absolute atomic E-state index is 0.135. The summed E-state index contributed by atoms with van der Waals surface area (Å²) in [5.74, 6) is 0.455. The number of fused-ring (bicyclic) bond motifs is 3. The van der Waals surface area contributed by atoms with Gasteiger partial charge in [0.05, 0.1) is 5.92 Å². The minimum Gasteiger partial charge on any atom is -0.425 e. The topological polar surface area (TPSA) is 26.3 Å². The van der Waals surface area contributed by atoms with Gasteiger partial charge in [0.2, 0.25) is 0 Å². The molecule has 2 nitrogen and oxygen atoms in total. The van der Waals surface area contributed by atoms with E-state index in [1.165, 1.54) is 0 Å². The smallest absolute Gasteiger partial charge is 0.318 e. The van der Waals surface area contributed by atoms with E-state index in [0.29, 0.717) is 0 Å². The van der Waals surface area contributed by atoms with Gasteiger partial charge in [-0.05, 0) is 12.3 Å². The average Bonchev–Trinajstić information content (AvgIpc) is 2.56. The van der Waals surface area contributed by atoms with Crippen LogP contribution in [0, 0.1) is 0 Å². The predicted molar refractivity (Wildman–Crippen MR) is 58.0 cm³/mol. The summed E-state index contributed by atoms with van der Waals surface area (Å²) in [6.07, 6.45) is 0. The van der Waals surface area contributed by atoms with E-state index >= 15 is 0 Å². The fraction of sp³-hybridized carbons (Fsp3) is 0.154. The highest BCUT2D eigenvalue weighted by molar-refractivity contribution is 5.97. The van der Waals surface area contributed by atoms with Gasteiger partial charge in [0, 0.05) is 10.9 Å². The molecule has 0 aromatic heterocycles. The normalized spacial score (nSPS) is 19.0. The lowest BCUT2D eigenvalue weighted by Crippen LogP contribution is -2.05. The molecule has 0 saturated heterocycles. The second-order valence-corrected chi connectivity index (χ2v) is 3.85. The highest BCUT2D eigenvalue weighted by Gasteiger charge is 2.30. The predicted octanol–water partition coefficient (Wildman–Crippen LogP) is 2.86. The summed E-state index contributed by atoms with van der Waals surface area (Å²) in [4.78, 5) is 11.5. The van der Waals surface area contributed by atoms with Gasteiger partial charge >= 0.3 is 5.97 Å². The van der Waals surface area contributed by atoms with Crippen LogP contribution in [0.1, 0.15) is 18.4 Å². The number of esters is 1. The lowest BCUT2D eigenvalue weighted by atomic mass is 9.99. The number of rotatable bonds is 0. The largest absolute Gasteiger partial charge is 0.425 e. The summed E-state index contributed by atoms with van der Waals surface area (Å²) in [5, 5.41) is 2.13. The number of carbonyl (C=O) groups excluding carboxylic acids is 1. The van der Waals surface area contributed by atoms with Crippen molar-refractivity contribution in [2.75, 3.05) is 0 Å². The molecule has 0 amide bonds. The lowest BCUT2D eigenvalue weighted by Gasteiger charge is -2.03. The Bertz CT molecular complexity index is 557. The number of benzene rings is 2. The van der Waals surface area contributed by atoms with E-state index in [-0.39, 0.29) is 11.9 Å². The van der Waals surface area contributed by atoms with Crippen molar-refractivity contribution in [2.24, 2.45) is 0 Å². The van der Waals surface area contributed by atoms with Crippen molar-refractivity contribution in [3.63, 3.8) is 0 Å². The van der Waals surface area contributed by atoms with Gasteiger partial charge in [0.15, 0.2) is 0 Å². The molecule has 0 bridgehead atoms. The molecule has 3 rings (SSSR count). The fourth-order valence-electron chi connectivity index (χ4n) is 2.03. The molecule has 0 aliphatic carbocycles. The molecular weight excluding hydrogens is 188 g/mol. The van der Waals surface area contributed by atoms with Gasteiger partial charge in [-0.2, -0.15) is 0 Å². The molecular formula is C13H10O2. The zero-order valence-electron chi connectivity index (χ0n) is 8.36. The maximum absolute atomic E-state index is 11.5. The molecule has 2 heteroatoms. The van der Waals surface area contributed by atoms with Crippen molar-refractivity contribution >= 4 is 16.7 Å². The Morgan fingerprint density at radius 1 is 1.13 bits per heavy atom. The highest BCUT2D eigenvalue weighted by Crippen LogP contribution is 2.39. The summed E-state index contributed by atoms with van der Waals surface area (Å²) in [6.45, 7) is 1.88. The van der Waals surface area contributed by atoms with Crippen LogP contribution in [-0.2, 0) is 4.79 Å². The first-order chi connectivity index (χ1) is 7.27. The van der Waals surface area contributed by atoms with Crippen LogP contribution in [0.25, 0.3) is 10.8 Å². The van der Waals surface area contributed by atoms with E-state index in [1.54, 1.807) is 0 Å². The minimum atomic E-state index is -0.152. The van der Waals surface area contributed by atoms with Crippen molar-refractivity contribution in [1.82, 2.24) is 0 Å². The molecule has 1 atom stereocenters. The van der Waals surface area contributed by atoms with Crippen LogP contribution in [0.4, 0.5) is 0 Å². The quantitative estimate of drug-likeness (QED) is 0.480. The Morgan fingerprint density at radius 2 is 1.93 bits per heavy atom. The molecule has 1 heterocycles. The summed E-state index contributed by atoms with van der Waals surface area (Å²) >= 11 is 0. The highest BCUT2D eigenvalue weighted by atomic mass is 16.5. The molecule has 0 spiro atoms. The Morgan fingerprint density at radius 3 is 2.80 bits per heavy atom. The number of carbonyl (C=O) groups is 1. The van der Waals surface area contributed by atoms with E-state index in [2.05, 4.69) is 0 Å². The van der Waals surface area contributed by atoms with E-state index in [4.69, 9.17) is 4.74 Å². The zero-order valence-corrected chi connectivity index (χ0v) is 8.36. The number of hydrogen-bond acceptors (Lipinski definition) is 2. The van der Waals surface area contributed by atoms with Crippen molar-refractivity contribution in [3.8, 4) is 5.75 Å². The standard InChI is InChI=1S/C13H10O2/c1-8-10-7-6-9-4-2-3-5-11(9)12(10)15-13(8)14/h2-8H,1H3/t8-/m0/s1. The van der Waals surface area contributed by atoms with E-state index < -0.39 is 0 Å². The summed E-state index contributed by atoms with van der Waals surface area (Å²) in [7, 11) is 0. The summed E-state index contributed by atoms with van der Waals surface area (Å²) < 4.78 is 5.29. The third-order valence-corrected chi connectivity index (χ3v) is 2.93. The van der Waals surface area contributed by atoms with Gasteiger partial charge in [0.25, 0.3) is 0 Å². The van der Waals surface area contributed by atoms with Gasteiger partial charge in [-0.15, -0.1) is 0 Å². The number of ether oxygens (including phenoxy) is 1. The van der Waals surface area contributed by atoms with Gasteiger partial charge in [-0.25, -0.2) is 0 Å². The van der Waals surface area contributed by atoms with Crippen LogP contribution in [0.2, 0.25) is 0 Å². The maximum atomic E-state index is 11.5. The first-order valence-electron chi connectivity index (χ1n) is 5.01. The Kier molecular flexibility index (Phi) is 1.60. The molecule has 1 aliphatic heterocycles. The second-order valence-electron chi connectivity index (χ2n) is 3.85. The van der Waals surface area contributed by atoms with Gasteiger partial charge in [-0.3, -0.25) is 4.79 Å². The Labute approximate surface area is 87.5 Å². The molecule has 0 fully saturated rings. The Hall–Kier alpha value is -1.83. The van der Waals surface area contributed by atoms with Crippen molar-refractivity contribution in [2.45, 2.75) is 12.8 Å². The third-order valence-electron chi connectivity index (χ3n) is 2.93. The van der Waals surface area contributed by atoms with Crippen LogP contribution >= 0.6 is 0 Å². The first kappa shape index (κ1) is 8.48. The molecule has 1 aliphatic rings. The monoisotopic (exact) mass is 198 g/mol. The van der Waals surface area contributed by atoms with Gasteiger partial charge in [-0.1, -0.05) is 36.4 Å².